The Labute approximate surface area is 117 Å². The molecule has 1 aromatic rings. The van der Waals surface area contributed by atoms with Gasteiger partial charge in [0, 0.05) is 23.4 Å². The number of primary amides is 2. The number of rotatable bonds is 5. The maximum Gasteiger partial charge on any atom is 0.248 e. The molecule has 1 aliphatic heterocycles. The lowest BCUT2D eigenvalue weighted by atomic mass is 9.99. The predicted octanol–water partition coefficient (Wildman–Crippen LogP) is 0.296. The molecule has 0 bridgehead atoms. The molecule has 2 rings (SSSR count). The van der Waals surface area contributed by atoms with E-state index < -0.39 is 11.8 Å². The Kier molecular flexibility index (Phi) is 4.57. The molecule has 20 heavy (non-hydrogen) atoms. The molecule has 1 unspecified atom stereocenters. The van der Waals surface area contributed by atoms with E-state index in [1.165, 1.54) is 12.5 Å². The molecule has 0 saturated carbocycles. The third-order valence-corrected chi connectivity index (χ3v) is 3.50. The zero-order valence-electron chi connectivity index (χ0n) is 11.3. The van der Waals surface area contributed by atoms with Gasteiger partial charge in [0.2, 0.25) is 11.8 Å². The van der Waals surface area contributed by atoms with E-state index in [1.807, 2.05) is 0 Å². The van der Waals surface area contributed by atoms with Gasteiger partial charge in [0.15, 0.2) is 0 Å². The van der Waals surface area contributed by atoms with Crippen LogP contribution in [0.2, 0.25) is 0 Å². The van der Waals surface area contributed by atoms with Crippen LogP contribution < -0.4 is 22.1 Å². The molecular formula is C14H20N4O2. The first kappa shape index (κ1) is 14.3. The molecule has 6 N–H and O–H groups in total. The summed E-state index contributed by atoms with van der Waals surface area (Å²) in [5.41, 5.74) is 11.8. The molecular weight excluding hydrogens is 256 g/mol. The molecule has 1 fully saturated rings. The zero-order chi connectivity index (χ0) is 14.5. The number of hydrogen-bond acceptors (Lipinski definition) is 4. The Hall–Kier alpha value is -2.08. The number of carbonyl (C=O) groups excluding carboxylic acids is 2. The van der Waals surface area contributed by atoms with Gasteiger partial charge in [-0.2, -0.15) is 0 Å². The summed E-state index contributed by atoms with van der Waals surface area (Å²) in [5, 5.41) is 6.59. The number of amides is 2. The highest BCUT2D eigenvalue weighted by atomic mass is 16.1. The number of nitrogens with one attached hydrogen (secondary N) is 2. The standard InChI is InChI=1S/C14H20N4O2/c15-13(19)10-4-11(14(16)20)6-12(5-10)18-8-9-2-1-3-17-7-9/h4-6,9,17-18H,1-3,7-8H2,(H2,15,19)(H2,16,20). The van der Waals surface area contributed by atoms with Gasteiger partial charge in [-0.3, -0.25) is 9.59 Å². The SMILES string of the molecule is NC(=O)c1cc(NCC2CCCNC2)cc(C(N)=O)c1. The average molecular weight is 276 g/mol. The first-order valence-corrected chi connectivity index (χ1v) is 6.75. The van der Waals surface area contributed by atoms with Gasteiger partial charge in [0.25, 0.3) is 0 Å². The lowest BCUT2D eigenvalue weighted by Crippen LogP contribution is -2.33. The molecule has 0 aromatic heterocycles. The molecule has 1 heterocycles. The topological polar surface area (TPSA) is 110 Å². The Morgan fingerprint density at radius 2 is 1.85 bits per heavy atom. The van der Waals surface area contributed by atoms with E-state index in [9.17, 15) is 9.59 Å². The minimum Gasteiger partial charge on any atom is -0.385 e. The monoisotopic (exact) mass is 276 g/mol. The molecule has 1 saturated heterocycles. The van der Waals surface area contributed by atoms with E-state index in [4.69, 9.17) is 11.5 Å². The molecule has 2 amide bonds. The van der Waals surface area contributed by atoms with Gasteiger partial charge in [0.05, 0.1) is 0 Å². The largest absolute Gasteiger partial charge is 0.385 e. The smallest absolute Gasteiger partial charge is 0.248 e. The number of benzene rings is 1. The molecule has 0 radical (unpaired) electrons. The van der Waals surface area contributed by atoms with E-state index >= 15 is 0 Å². The number of hydrogen-bond donors (Lipinski definition) is 4. The summed E-state index contributed by atoms with van der Waals surface area (Å²) in [6, 6.07) is 4.70. The van der Waals surface area contributed by atoms with Crippen molar-refractivity contribution in [2.75, 3.05) is 25.0 Å². The minimum absolute atomic E-state index is 0.283. The number of carbonyl (C=O) groups is 2. The van der Waals surface area contributed by atoms with Crippen LogP contribution in [0.25, 0.3) is 0 Å². The van der Waals surface area contributed by atoms with E-state index in [-0.39, 0.29) is 11.1 Å². The summed E-state index contributed by atoms with van der Waals surface area (Å²) in [5.74, 6) is -0.607. The van der Waals surface area contributed by atoms with Gasteiger partial charge < -0.3 is 22.1 Å². The first-order chi connectivity index (χ1) is 9.56. The van der Waals surface area contributed by atoms with Crippen molar-refractivity contribution in [3.63, 3.8) is 0 Å². The van der Waals surface area contributed by atoms with Gasteiger partial charge in [-0.15, -0.1) is 0 Å². The molecule has 1 aliphatic rings. The summed E-state index contributed by atoms with van der Waals surface area (Å²) in [6.45, 7) is 2.83. The first-order valence-electron chi connectivity index (χ1n) is 6.75. The van der Waals surface area contributed by atoms with E-state index in [2.05, 4.69) is 10.6 Å². The lowest BCUT2D eigenvalue weighted by Gasteiger charge is -2.23. The number of nitrogens with two attached hydrogens (primary N) is 2. The molecule has 0 aliphatic carbocycles. The summed E-state index contributed by atoms with van der Waals surface area (Å²) >= 11 is 0. The van der Waals surface area contributed by atoms with Crippen LogP contribution in [0.5, 0.6) is 0 Å². The second-order valence-electron chi connectivity index (χ2n) is 5.12. The normalized spacial score (nSPS) is 18.5. The summed E-state index contributed by atoms with van der Waals surface area (Å²) in [6.07, 6.45) is 2.33. The van der Waals surface area contributed by atoms with E-state index in [0.717, 1.165) is 26.1 Å². The van der Waals surface area contributed by atoms with Crippen molar-refractivity contribution in [1.82, 2.24) is 5.32 Å². The Bertz CT molecular complexity index is 478. The summed E-state index contributed by atoms with van der Waals surface area (Å²) in [7, 11) is 0. The van der Waals surface area contributed by atoms with Gasteiger partial charge in [-0.25, -0.2) is 0 Å². The fourth-order valence-electron chi connectivity index (χ4n) is 2.37. The van der Waals surface area contributed by atoms with Crippen LogP contribution in [0.1, 0.15) is 33.6 Å². The molecule has 108 valence electrons. The lowest BCUT2D eigenvalue weighted by molar-refractivity contribution is 0.0999. The van der Waals surface area contributed by atoms with E-state index in [0.29, 0.717) is 11.6 Å². The van der Waals surface area contributed by atoms with Crippen LogP contribution in [-0.4, -0.2) is 31.4 Å². The minimum atomic E-state index is -0.574. The van der Waals surface area contributed by atoms with E-state index in [1.54, 1.807) is 12.1 Å². The highest BCUT2D eigenvalue weighted by Crippen LogP contribution is 2.17. The van der Waals surface area contributed by atoms with Crippen molar-refractivity contribution in [2.45, 2.75) is 12.8 Å². The maximum atomic E-state index is 11.3. The molecule has 6 heteroatoms. The number of anilines is 1. The van der Waals surface area contributed by atoms with Crippen molar-refractivity contribution in [3.05, 3.63) is 29.3 Å². The molecule has 0 spiro atoms. The second kappa shape index (κ2) is 6.38. The van der Waals surface area contributed by atoms with Crippen molar-refractivity contribution >= 4 is 17.5 Å². The quantitative estimate of drug-likeness (QED) is 0.619. The van der Waals surface area contributed by atoms with Crippen LogP contribution in [0.4, 0.5) is 5.69 Å². The van der Waals surface area contributed by atoms with Gasteiger partial charge >= 0.3 is 0 Å². The van der Waals surface area contributed by atoms with Crippen molar-refractivity contribution in [1.29, 1.82) is 0 Å². The van der Waals surface area contributed by atoms with Crippen LogP contribution in [0.15, 0.2) is 18.2 Å². The highest BCUT2D eigenvalue weighted by Gasteiger charge is 2.14. The predicted molar refractivity (Wildman–Crippen MR) is 77.6 cm³/mol. The summed E-state index contributed by atoms with van der Waals surface area (Å²) < 4.78 is 0. The van der Waals surface area contributed by atoms with Crippen LogP contribution >= 0.6 is 0 Å². The highest BCUT2D eigenvalue weighted by molar-refractivity contribution is 5.99. The van der Waals surface area contributed by atoms with Gasteiger partial charge in [-0.1, -0.05) is 0 Å². The summed E-state index contributed by atoms with van der Waals surface area (Å²) in [4.78, 5) is 22.5. The fraction of sp³-hybridized carbons (Fsp3) is 0.429. The Balaban J connectivity index is 2.09. The van der Waals surface area contributed by atoms with Crippen molar-refractivity contribution in [2.24, 2.45) is 17.4 Å². The average Bonchev–Trinajstić information content (AvgIpc) is 2.45. The molecule has 1 atom stereocenters. The number of piperidine rings is 1. The molecule has 1 aromatic carbocycles. The third-order valence-electron chi connectivity index (χ3n) is 3.50. The Morgan fingerprint density at radius 1 is 1.20 bits per heavy atom. The van der Waals surface area contributed by atoms with Gasteiger partial charge in [0.1, 0.15) is 0 Å². The van der Waals surface area contributed by atoms with Crippen LogP contribution in [0, 0.1) is 5.92 Å². The zero-order valence-corrected chi connectivity index (χ0v) is 11.3. The van der Waals surface area contributed by atoms with Crippen LogP contribution in [-0.2, 0) is 0 Å². The fourth-order valence-corrected chi connectivity index (χ4v) is 2.37. The Morgan fingerprint density at radius 3 is 2.35 bits per heavy atom. The van der Waals surface area contributed by atoms with Crippen molar-refractivity contribution in [3.8, 4) is 0 Å². The van der Waals surface area contributed by atoms with Crippen LogP contribution in [0.3, 0.4) is 0 Å². The maximum absolute atomic E-state index is 11.3. The molecule has 6 nitrogen and oxygen atoms in total. The third kappa shape index (κ3) is 3.71. The second-order valence-corrected chi connectivity index (χ2v) is 5.12. The van der Waals surface area contributed by atoms with Crippen molar-refractivity contribution < 1.29 is 9.59 Å². The van der Waals surface area contributed by atoms with Gasteiger partial charge in [-0.05, 0) is 50.0 Å².